The molecule has 192 valence electrons. The summed E-state index contributed by atoms with van der Waals surface area (Å²) in [5.41, 5.74) is 2.35. The minimum Gasteiger partial charge on any atom is -0.870 e. The smallest absolute Gasteiger partial charge is 0.870 e. The average molecular weight is 588 g/mol. The van der Waals surface area contributed by atoms with E-state index in [4.69, 9.17) is 4.52 Å². The van der Waals surface area contributed by atoms with Gasteiger partial charge in [-0.05, 0) is 61.7 Å². The summed E-state index contributed by atoms with van der Waals surface area (Å²) >= 11 is 1.44. The number of thiazole rings is 1. The fourth-order valence-corrected chi connectivity index (χ4v) is 8.53. The number of rotatable bonds is 6. The maximum atomic E-state index is 12.7. The molecule has 1 aromatic carbocycles. The monoisotopic (exact) mass is 587 g/mol. The number of phosphoric ester groups is 1. The standard InChI is InChI=1S/C25H32N2O5PS.3Na.H2O/c1-15-14-26-24(34-15)27-22(28)10-8-17-13-21(32-33(29,30)31)25(2)12-11-19-18-6-4-3-5-16(18)7-9-20(19)23(17)25;;;;/h4-6,14,17,19-21,23H,7-13H2,1-2H3,(H,26,27,28)(H2,29,30,31);;;;1H2/q-1;3*+1;/p-3/t17-,19?,20?,21+,23?,25-;;;;/m1..../s1. The number of aryl methyl sites for hydroxylation is 2. The van der Waals surface area contributed by atoms with Crippen LogP contribution in [0, 0.1) is 36.2 Å². The van der Waals surface area contributed by atoms with Gasteiger partial charge < -0.3 is 29.7 Å². The molecule has 6 atom stereocenters. The molecule has 5 rings (SSSR count). The van der Waals surface area contributed by atoms with Crippen molar-refractivity contribution in [2.45, 2.75) is 70.8 Å². The van der Waals surface area contributed by atoms with Crippen molar-refractivity contribution in [1.29, 1.82) is 0 Å². The van der Waals surface area contributed by atoms with Crippen molar-refractivity contribution in [3.63, 3.8) is 0 Å². The Labute approximate surface area is 295 Å². The van der Waals surface area contributed by atoms with E-state index in [9.17, 15) is 19.1 Å². The van der Waals surface area contributed by atoms with Crippen LogP contribution < -0.4 is 104 Å². The summed E-state index contributed by atoms with van der Waals surface area (Å²) in [6, 6.07) is 9.44. The number of carbonyl (C=O) groups is 1. The Morgan fingerprint density at radius 1 is 1.32 bits per heavy atom. The largest absolute Gasteiger partial charge is 1.00 e. The van der Waals surface area contributed by atoms with Gasteiger partial charge in [0.25, 0.3) is 0 Å². The number of fused-ring (bicyclic) bond motifs is 5. The van der Waals surface area contributed by atoms with Crippen molar-refractivity contribution >= 4 is 30.2 Å². The molecule has 13 heteroatoms. The van der Waals surface area contributed by atoms with Crippen LogP contribution in [0.15, 0.2) is 24.4 Å². The van der Waals surface area contributed by atoms with Crippen LogP contribution in [0.1, 0.15) is 67.4 Å². The Morgan fingerprint density at radius 2 is 2.05 bits per heavy atom. The average Bonchev–Trinajstić information content (AvgIpc) is 3.31. The van der Waals surface area contributed by atoms with Crippen LogP contribution in [-0.4, -0.2) is 22.5 Å². The number of hydrogen-bond donors (Lipinski definition) is 1. The van der Waals surface area contributed by atoms with Crippen LogP contribution >= 0.6 is 19.2 Å². The van der Waals surface area contributed by atoms with Gasteiger partial charge in [0.05, 0.1) is 13.9 Å². The molecule has 3 aliphatic rings. The summed E-state index contributed by atoms with van der Waals surface area (Å²) in [5, 5.41) is 3.47. The van der Waals surface area contributed by atoms with E-state index in [0.29, 0.717) is 36.2 Å². The molecule has 0 spiro atoms. The zero-order valence-corrected chi connectivity index (χ0v) is 30.6. The van der Waals surface area contributed by atoms with Gasteiger partial charge in [-0.3, -0.25) is 4.79 Å². The Hall–Kier alpha value is 1.39. The molecular formula is C25H31N2Na3O6PS-. The van der Waals surface area contributed by atoms with E-state index >= 15 is 0 Å². The third kappa shape index (κ3) is 8.06. The summed E-state index contributed by atoms with van der Waals surface area (Å²) in [7, 11) is -5.11. The Balaban J connectivity index is 0.00000180. The number of phosphoric acid groups is 1. The summed E-state index contributed by atoms with van der Waals surface area (Å²) in [6.07, 6.45) is 6.33. The van der Waals surface area contributed by atoms with Crippen LogP contribution in [0.2, 0.25) is 0 Å². The number of nitrogens with zero attached hydrogens (tertiary/aromatic N) is 1. The second kappa shape index (κ2) is 15.2. The molecule has 8 nitrogen and oxygen atoms in total. The maximum Gasteiger partial charge on any atom is 1.00 e. The van der Waals surface area contributed by atoms with Crippen LogP contribution in [0.4, 0.5) is 5.13 Å². The Morgan fingerprint density at radius 3 is 2.71 bits per heavy atom. The Bertz CT molecular complexity index is 1130. The molecule has 0 bridgehead atoms. The van der Waals surface area contributed by atoms with Crippen LogP contribution in [0.3, 0.4) is 0 Å². The maximum absolute atomic E-state index is 12.7. The van der Waals surface area contributed by atoms with Gasteiger partial charge >= 0.3 is 88.7 Å². The van der Waals surface area contributed by atoms with E-state index in [-0.39, 0.29) is 112 Å². The van der Waals surface area contributed by atoms with Crippen LogP contribution in [-0.2, 0) is 20.3 Å². The molecule has 3 unspecified atom stereocenters. The molecule has 2 saturated carbocycles. The van der Waals surface area contributed by atoms with E-state index in [1.807, 2.05) is 13.0 Å². The van der Waals surface area contributed by atoms with Crippen molar-refractivity contribution in [2.75, 3.05) is 5.32 Å². The summed E-state index contributed by atoms with van der Waals surface area (Å²) in [5.74, 6) is 1.03. The van der Waals surface area contributed by atoms with Gasteiger partial charge in [-0.25, -0.2) is 4.98 Å². The first-order valence-corrected chi connectivity index (χ1v) is 14.3. The summed E-state index contributed by atoms with van der Waals surface area (Å²) in [4.78, 5) is 41.1. The number of aromatic nitrogens is 1. The fourth-order valence-electron chi connectivity index (χ4n) is 7.21. The van der Waals surface area contributed by atoms with Crippen molar-refractivity contribution in [3.05, 3.63) is 46.5 Å². The van der Waals surface area contributed by atoms with E-state index in [1.54, 1.807) is 6.20 Å². The zero-order chi connectivity index (χ0) is 24.1. The van der Waals surface area contributed by atoms with Crippen molar-refractivity contribution in [1.82, 2.24) is 4.98 Å². The SMILES string of the molecule is Cc1cnc(NC(=O)CC[C@@H]2C[C@H](OP(=O)([O-])[O-])[C@@]3(C)CCC4c5cc[c-]cc5CCC4C23)s1.[Na+].[Na+].[Na+].[OH-]. The summed E-state index contributed by atoms with van der Waals surface area (Å²) < 4.78 is 16.8. The van der Waals surface area contributed by atoms with Crippen molar-refractivity contribution < 1.29 is 118 Å². The molecular weight excluding hydrogens is 556 g/mol. The Kier molecular flexibility index (Phi) is 15.0. The van der Waals surface area contributed by atoms with E-state index in [1.165, 1.54) is 22.5 Å². The van der Waals surface area contributed by atoms with Crippen LogP contribution in [0.25, 0.3) is 0 Å². The van der Waals surface area contributed by atoms with E-state index < -0.39 is 19.3 Å². The molecule has 38 heavy (non-hydrogen) atoms. The van der Waals surface area contributed by atoms with Gasteiger partial charge in [0.1, 0.15) is 0 Å². The molecule has 1 aromatic heterocycles. The predicted octanol–water partition coefficient (Wildman–Crippen LogP) is -5.20. The normalized spacial score (nSPS) is 29.1. The molecule has 2 fully saturated rings. The topological polar surface area (TPSA) is 144 Å². The molecule has 1 amide bonds. The van der Waals surface area contributed by atoms with Crippen LogP contribution in [0.5, 0.6) is 0 Å². The van der Waals surface area contributed by atoms with Gasteiger partial charge in [0.15, 0.2) is 5.13 Å². The first kappa shape index (κ1) is 37.4. The number of amides is 1. The van der Waals surface area contributed by atoms with Crippen molar-refractivity contribution in [3.8, 4) is 0 Å². The number of nitrogens with one attached hydrogen (secondary N) is 1. The quantitative estimate of drug-likeness (QED) is 0.202. The third-order valence-electron chi connectivity index (χ3n) is 8.49. The fraction of sp³-hybridized carbons (Fsp3) is 0.600. The predicted molar refractivity (Wildman–Crippen MR) is 128 cm³/mol. The molecule has 2 aromatic rings. The second-order valence-corrected chi connectivity index (χ2v) is 12.7. The minimum atomic E-state index is -5.11. The first-order chi connectivity index (χ1) is 16.1. The number of carbonyl (C=O) groups excluding carboxylic acids is 1. The molecule has 0 radical (unpaired) electrons. The van der Waals surface area contributed by atoms with E-state index in [2.05, 4.69) is 35.4 Å². The molecule has 1 heterocycles. The van der Waals surface area contributed by atoms with Gasteiger partial charge in [-0.1, -0.05) is 19.8 Å². The molecule has 0 saturated heterocycles. The van der Waals surface area contributed by atoms with Gasteiger partial charge in [-0.2, -0.15) is 35.4 Å². The van der Waals surface area contributed by atoms with Crippen molar-refractivity contribution in [2.24, 2.45) is 23.2 Å². The zero-order valence-electron chi connectivity index (χ0n) is 22.9. The van der Waals surface area contributed by atoms with Gasteiger partial charge in [0.2, 0.25) is 5.91 Å². The first-order valence-electron chi connectivity index (χ1n) is 12.1. The van der Waals surface area contributed by atoms with Gasteiger partial charge in [-0.15, -0.1) is 11.3 Å². The number of hydrogen-bond acceptors (Lipinski definition) is 8. The van der Waals surface area contributed by atoms with E-state index in [0.717, 1.165) is 30.6 Å². The second-order valence-electron chi connectivity index (χ2n) is 10.4. The summed E-state index contributed by atoms with van der Waals surface area (Å²) in [6.45, 7) is 4.04. The molecule has 2 N–H and O–H groups in total. The molecule has 0 aliphatic heterocycles. The minimum absolute atomic E-state index is 0. The number of anilines is 1. The number of benzene rings is 1. The molecule has 3 aliphatic carbocycles. The third-order valence-corrected chi connectivity index (χ3v) is 9.83. The van der Waals surface area contributed by atoms with Gasteiger partial charge in [0, 0.05) is 17.5 Å².